The molecule has 7 aromatic carbocycles. The lowest BCUT2D eigenvalue weighted by molar-refractivity contribution is -0.380. The first-order valence-corrected chi connectivity index (χ1v) is 35.8. The lowest BCUT2D eigenvalue weighted by atomic mass is 9.91. The second-order valence-electron chi connectivity index (χ2n) is 26.6. The Hall–Kier alpha value is -8.83. The predicted octanol–water partition coefficient (Wildman–Crippen LogP) is 10.4. The fourth-order valence-electron chi connectivity index (χ4n) is 12.9. The van der Waals surface area contributed by atoms with Gasteiger partial charge in [-0.2, -0.15) is 0 Å². The van der Waals surface area contributed by atoms with Gasteiger partial charge in [0, 0.05) is 34.6 Å². The SMILES string of the molecule is COc1ccc(COCC(COCc2ccccc2)(COCc2ccccc2)CO[C@@H]2O[C@H](COCc3ccccc3)[C@@H](O[C@@H]3O[C@H](COC(C)=O)[C@H](OC(C)=O)[C@H](OC(C)=O)[C@H]3OC(C)=O)[C@H](O[C@@H]3O[C@@H](C)[C@@H](OCc4ccccc4)[C@@H](OCc4ccccc4)[C@@H]3OCc3ccccc3)[C@H]2NC(C)=O)cc1. The van der Waals surface area contributed by atoms with Crippen molar-refractivity contribution in [1.29, 1.82) is 0 Å². The molecule has 0 aromatic heterocycles. The number of esters is 4. The fraction of sp³-hybridized carbons (Fsp3) is 0.434. The molecular weight excluding hydrogens is 1380 g/mol. The third-order valence-electron chi connectivity index (χ3n) is 18.0. The minimum Gasteiger partial charge on any atom is -0.497 e. The number of ether oxygens (including phenoxy) is 18. The van der Waals surface area contributed by atoms with Gasteiger partial charge in [-0.1, -0.05) is 194 Å². The number of rotatable bonds is 39. The van der Waals surface area contributed by atoms with Gasteiger partial charge >= 0.3 is 23.9 Å². The minimum absolute atomic E-state index is 0.00111. The van der Waals surface area contributed by atoms with E-state index in [1.165, 1.54) is 13.8 Å². The van der Waals surface area contributed by atoms with E-state index in [4.69, 9.17) is 85.3 Å². The first-order chi connectivity index (χ1) is 52.0. The van der Waals surface area contributed by atoms with Gasteiger partial charge in [0.25, 0.3) is 0 Å². The van der Waals surface area contributed by atoms with E-state index in [-0.39, 0.29) is 79.3 Å². The van der Waals surface area contributed by atoms with Crippen LogP contribution in [0.25, 0.3) is 0 Å². The molecule has 3 saturated heterocycles. The van der Waals surface area contributed by atoms with Crippen molar-refractivity contribution in [3.63, 3.8) is 0 Å². The quantitative estimate of drug-likeness (QED) is 0.0277. The topological polar surface area (TPSA) is 264 Å². The van der Waals surface area contributed by atoms with E-state index in [2.05, 4.69) is 5.32 Å². The summed E-state index contributed by atoms with van der Waals surface area (Å²) < 4.78 is 120. The average Bonchev–Trinajstić information content (AvgIpc) is 0.747. The van der Waals surface area contributed by atoms with Crippen LogP contribution in [0.4, 0.5) is 0 Å². The van der Waals surface area contributed by atoms with Gasteiger partial charge in [0.15, 0.2) is 37.2 Å². The molecule has 10 rings (SSSR count). The van der Waals surface area contributed by atoms with Gasteiger partial charge < -0.3 is 90.6 Å². The third kappa shape index (κ3) is 24.9. The van der Waals surface area contributed by atoms with E-state index in [0.29, 0.717) is 5.75 Å². The summed E-state index contributed by atoms with van der Waals surface area (Å²) >= 11 is 0. The number of benzene rings is 7. The van der Waals surface area contributed by atoms with E-state index in [1.807, 2.05) is 213 Å². The van der Waals surface area contributed by atoms with Crippen molar-refractivity contribution in [2.45, 2.75) is 180 Å². The van der Waals surface area contributed by atoms with Crippen LogP contribution in [0.2, 0.25) is 0 Å². The highest BCUT2D eigenvalue weighted by molar-refractivity contribution is 5.73. The zero-order valence-corrected chi connectivity index (χ0v) is 61.4. The van der Waals surface area contributed by atoms with Crippen molar-refractivity contribution >= 4 is 29.8 Å². The molecule has 572 valence electrons. The Bertz CT molecular complexity index is 3750. The molecule has 7 aromatic rings. The van der Waals surface area contributed by atoms with E-state index >= 15 is 0 Å². The van der Waals surface area contributed by atoms with E-state index in [0.717, 1.165) is 59.7 Å². The largest absolute Gasteiger partial charge is 0.497 e. The maximum atomic E-state index is 14.4. The number of carbonyl (C=O) groups excluding carboxylic acids is 5. The predicted molar refractivity (Wildman–Crippen MR) is 387 cm³/mol. The number of carbonyl (C=O) groups is 5. The van der Waals surface area contributed by atoms with E-state index < -0.39 is 134 Å². The van der Waals surface area contributed by atoms with Crippen molar-refractivity contribution < 1.29 is 109 Å². The first-order valence-electron chi connectivity index (χ1n) is 35.8. The summed E-state index contributed by atoms with van der Waals surface area (Å²) in [5.74, 6) is -3.27. The van der Waals surface area contributed by atoms with Crippen molar-refractivity contribution in [3.8, 4) is 5.75 Å². The van der Waals surface area contributed by atoms with Crippen molar-refractivity contribution in [2.75, 3.05) is 46.8 Å². The summed E-state index contributed by atoms with van der Waals surface area (Å²) in [6.45, 7) is 7.38. The van der Waals surface area contributed by atoms with Crippen LogP contribution in [0, 0.1) is 5.41 Å². The molecule has 0 bridgehead atoms. The molecule has 1 amide bonds. The van der Waals surface area contributed by atoms with Gasteiger partial charge in [-0.05, 0) is 58.0 Å². The lowest BCUT2D eigenvalue weighted by Crippen LogP contribution is -2.70. The van der Waals surface area contributed by atoms with Crippen molar-refractivity contribution in [1.82, 2.24) is 5.32 Å². The van der Waals surface area contributed by atoms with Crippen LogP contribution >= 0.6 is 0 Å². The fourth-order valence-corrected chi connectivity index (χ4v) is 12.9. The summed E-state index contributed by atoms with van der Waals surface area (Å²) in [4.78, 5) is 67.1. The summed E-state index contributed by atoms with van der Waals surface area (Å²) in [6.07, 6.45) is -19.6. The molecule has 0 aliphatic carbocycles. The van der Waals surface area contributed by atoms with Gasteiger partial charge in [0.1, 0.15) is 61.1 Å². The van der Waals surface area contributed by atoms with Crippen molar-refractivity contribution in [2.24, 2.45) is 5.41 Å². The monoisotopic (exact) mass is 1480 g/mol. The van der Waals surface area contributed by atoms with E-state index in [9.17, 15) is 24.0 Å². The average molecular weight is 1480 g/mol. The maximum Gasteiger partial charge on any atom is 0.303 e. The molecule has 24 nitrogen and oxygen atoms in total. The molecule has 15 atom stereocenters. The van der Waals surface area contributed by atoms with Crippen LogP contribution in [0.3, 0.4) is 0 Å². The Kier molecular flexibility index (Phi) is 31.3. The molecule has 1 N–H and O–H groups in total. The third-order valence-corrected chi connectivity index (χ3v) is 18.0. The molecule has 0 saturated carbocycles. The van der Waals surface area contributed by atoms with Gasteiger partial charge in [-0.15, -0.1) is 0 Å². The number of nitrogens with one attached hydrogen (secondary N) is 1. The van der Waals surface area contributed by atoms with Gasteiger partial charge in [0.2, 0.25) is 5.91 Å². The molecule has 3 aliphatic heterocycles. The second-order valence-corrected chi connectivity index (χ2v) is 26.6. The number of amides is 1. The highest BCUT2D eigenvalue weighted by atomic mass is 16.8. The molecule has 0 unspecified atom stereocenters. The summed E-state index contributed by atoms with van der Waals surface area (Å²) in [6, 6.07) is 63.7. The molecule has 107 heavy (non-hydrogen) atoms. The van der Waals surface area contributed by atoms with Crippen LogP contribution in [0.1, 0.15) is 80.5 Å². The molecule has 3 heterocycles. The van der Waals surface area contributed by atoms with Crippen LogP contribution < -0.4 is 10.1 Å². The van der Waals surface area contributed by atoms with Crippen LogP contribution in [-0.2, 0) is 151 Å². The molecule has 0 spiro atoms. The molecule has 24 heteroatoms. The van der Waals surface area contributed by atoms with Crippen LogP contribution in [0.5, 0.6) is 5.75 Å². The zero-order valence-electron chi connectivity index (χ0n) is 61.4. The highest BCUT2D eigenvalue weighted by Gasteiger charge is 2.59. The Morgan fingerprint density at radius 1 is 0.355 bits per heavy atom. The first kappa shape index (κ1) is 80.7. The zero-order chi connectivity index (χ0) is 75.3. The lowest BCUT2D eigenvalue weighted by Gasteiger charge is -2.52. The van der Waals surface area contributed by atoms with Crippen LogP contribution in [0.15, 0.2) is 206 Å². The van der Waals surface area contributed by atoms with Gasteiger partial charge in [0.05, 0.1) is 97.9 Å². The molecular formula is C83H97NO23. The standard InChI is InChI=1S/C83H97NO23/c1-55-72(96-46-64-32-20-11-21-33-64)76(97-47-65-34-22-12-23-35-65)78(98-48-66-36-24-13-25-37-66)81(100-55)107-75-71(84-56(2)85)80(99-54-83(51-92-43-62-28-16-9-17-29-62,52-93-44-63-30-18-10-19-31-63)53-94-45-67-38-40-68(90-7)41-39-67)104-69(49-91-42-61-26-14-8-15-27-61)73(75)106-82-79(103-60(6)89)77(102-59(5)88)74(101-58(4)87)70(105-82)50-95-57(3)86/h8-41,55,69-82H,42-54H2,1-7H3,(H,84,85)/t55-,69+,70+,71+,72+,73+,74-,75+,76+,77-,78-,79+,80+,81-,82-/m0/s1. The highest BCUT2D eigenvalue weighted by Crippen LogP contribution is 2.39. The van der Waals surface area contributed by atoms with E-state index in [1.54, 1.807) is 7.11 Å². The molecule has 3 fully saturated rings. The Labute approximate surface area is 624 Å². The summed E-state index contributed by atoms with van der Waals surface area (Å²) in [7, 11) is 1.60. The normalized spacial score (nSPS) is 24.3. The summed E-state index contributed by atoms with van der Waals surface area (Å²) in [5.41, 5.74) is 4.80. The smallest absolute Gasteiger partial charge is 0.303 e. The van der Waals surface area contributed by atoms with Gasteiger partial charge in [-0.25, -0.2) is 0 Å². The van der Waals surface area contributed by atoms with Crippen LogP contribution in [-0.4, -0.2) is 169 Å². The Morgan fingerprint density at radius 3 is 1.19 bits per heavy atom. The number of hydrogen-bond donors (Lipinski definition) is 1. The van der Waals surface area contributed by atoms with Gasteiger partial charge in [-0.3, -0.25) is 24.0 Å². The van der Waals surface area contributed by atoms with Crippen molar-refractivity contribution in [3.05, 3.63) is 245 Å². The minimum atomic E-state index is -1.85. The summed E-state index contributed by atoms with van der Waals surface area (Å²) in [5, 5.41) is 3.12. The molecule has 0 radical (unpaired) electrons. The maximum absolute atomic E-state index is 14.4. The molecule has 3 aliphatic rings. The Balaban J connectivity index is 1.12. The Morgan fingerprint density at radius 2 is 0.738 bits per heavy atom. The number of methoxy groups -OCH3 is 1. The second kappa shape index (κ2) is 41.5. The number of hydrogen-bond acceptors (Lipinski definition) is 23.